The molecular formula is C14H31NO7Si. The van der Waals surface area contributed by atoms with Crippen molar-refractivity contribution in [1.82, 2.24) is 0 Å². The third kappa shape index (κ3) is 5.18. The summed E-state index contributed by atoms with van der Waals surface area (Å²) in [5, 5.41) is 30.1. The Balaban J connectivity index is 2.73. The zero-order valence-corrected chi connectivity index (χ0v) is 15.3. The molecular weight excluding hydrogens is 322 g/mol. The largest absolute Gasteiger partial charge is 0.500 e. The van der Waals surface area contributed by atoms with Crippen molar-refractivity contribution in [3.05, 3.63) is 0 Å². The summed E-state index contributed by atoms with van der Waals surface area (Å²) in [4.78, 5) is 0. The van der Waals surface area contributed by atoms with Crippen LogP contribution in [0.25, 0.3) is 0 Å². The SMILES string of the molecule is CO[Si](CCCN)(OC)OCC1OC(C(C)C)C(O)C(O)C1O. The fraction of sp³-hybridized carbons (Fsp3) is 1.00. The molecule has 0 aliphatic carbocycles. The molecule has 8 nitrogen and oxygen atoms in total. The zero-order valence-electron chi connectivity index (χ0n) is 14.3. The van der Waals surface area contributed by atoms with Gasteiger partial charge in [0.15, 0.2) is 0 Å². The van der Waals surface area contributed by atoms with Gasteiger partial charge in [-0.1, -0.05) is 13.8 Å². The van der Waals surface area contributed by atoms with E-state index in [2.05, 4.69) is 0 Å². The van der Waals surface area contributed by atoms with Crippen LogP contribution in [0, 0.1) is 5.92 Å². The maximum absolute atomic E-state index is 10.1. The molecule has 1 rings (SSSR count). The lowest BCUT2D eigenvalue weighted by molar-refractivity contribution is -0.238. The summed E-state index contributed by atoms with van der Waals surface area (Å²) in [5.41, 5.74) is 5.52. The lowest BCUT2D eigenvalue weighted by Crippen LogP contribution is -2.60. The average Bonchev–Trinajstić information content (AvgIpc) is 2.54. The quantitative estimate of drug-likeness (QED) is 0.393. The van der Waals surface area contributed by atoms with Gasteiger partial charge >= 0.3 is 8.80 Å². The van der Waals surface area contributed by atoms with Crippen molar-refractivity contribution in [3.8, 4) is 0 Å². The standard InChI is InChI=1S/C14H31NO7Si/c1-9(2)14-13(18)12(17)11(16)10(22-14)8-21-23(19-3,20-4)7-5-6-15/h9-14,16-18H,5-8,15H2,1-4H3. The van der Waals surface area contributed by atoms with Gasteiger partial charge in [-0.2, -0.15) is 0 Å². The zero-order chi connectivity index (χ0) is 17.6. The first kappa shape index (κ1) is 20.9. The molecule has 9 heteroatoms. The Labute approximate surface area is 138 Å². The van der Waals surface area contributed by atoms with E-state index in [9.17, 15) is 15.3 Å². The van der Waals surface area contributed by atoms with Crippen LogP contribution in [-0.2, 0) is 18.0 Å². The number of aliphatic hydroxyl groups is 3. The summed E-state index contributed by atoms with van der Waals surface area (Å²) >= 11 is 0. The molecule has 0 amide bonds. The number of nitrogens with two attached hydrogens (primary N) is 1. The molecule has 0 aromatic heterocycles. The second-order valence-electron chi connectivity index (χ2n) is 6.15. The van der Waals surface area contributed by atoms with E-state index in [1.54, 1.807) is 0 Å². The van der Waals surface area contributed by atoms with Crippen LogP contribution in [0.1, 0.15) is 20.3 Å². The molecule has 1 aliphatic heterocycles. The summed E-state index contributed by atoms with van der Waals surface area (Å²) in [5.74, 6) is -0.0151. The summed E-state index contributed by atoms with van der Waals surface area (Å²) < 4.78 is 22.4. The van der Waals surface area contributed by atoms with Crippen LogP contribution >= 0.6 is 0 Å². The first-order valence-electron chi connectivity index (χ1n) is 7.95. The van der Waals surface area contributed by atoms with Crippen LogP contribution in [0.3, 0.4) is 0 Å². The Morgan fingerprint density at radius 3 is 2.17 bits per heavy atom. The Morgan fingerprint density at radius 1 is 1.09 bits per heavy atom. The highest BCUT2D eigenvalue weighted by molar-refractivity contribution is 6.60. The molecule has 1 aliphatic rings. The van der Waals surface area contributed by atoms with E-state index in [0.29, 0.717) is 19.0 Å². The van der Waals surface area contributed by atoms with Crippen LogP contribution in [0.4, 0.5) is 0 Å². The highest BCUT2D eigenvalue weighted by Gasteiger charge is 2.46. The summed E-state index contributed by atoms with van der Waals surface area (Å²) in [6, 6.07) is 0.554. The smallest absolute Gasteiger partial charge is 0.388 e. The van der Waals surface area contributed by atoms with E-state index in [4.69, 9.17) is 23.7 Å². The van der Waals surface area contributed by atoms with Gasteiger partial charge in [-0.15, -0.1) is 0 Å². The van der Waals surface area contributed by atoms with E-state index >= 15 is 0 Å². The maximum atomic E-state index is 10.1. The molecule has 0 spiro atoms. The molecule has 23 heavy (non-hydrogen) atoms. The minimum Gasteiger partial charge on any atom is -0.388 e. The fourth-order valence-electron chi connectivity index (χ4n) is 2.67. The number of hydrogen-bond donors (Lipinski definition) is 4. The maximum Gasteiger partial charge on any atom is 0.500 e. The predicted molar refractivity (Wildman–Crippen MR) is 85.7 cm³/mol. The average molecular weight is 353 g/mol. The second kappa shape index (κ2) is 9.40. The van der Waals surface area contributed by atoms with Crippen LogP contribution in [0.5, 0.6) is 0 Å². The van der Waals surface area contributed by atoms with Gasteiger partial charge in [-0.05, 0) is 18.9 Å². The Morgan fingerprint density at radius 2 is 1.70 bits per heavy atom. The molecule has 5 N–H and O–H groups in total. The third-order valence-electron chi connectivity index (χ3n) is 4.18. The van der Waals surface area contributed by atoms with Crippen molar-refractivity contribution in [3.63, 3.8) is 0 Å². The van der Waals surface area contributed by atoms with E-state index in [0.717, 1.165) is 0 Å². The molecule has 5 unspecified atom stereocenters. The lowest BCUT2D eigenvalue weighted by atomic mass is 9.89. The molecule has 0 aromatic rings. The van der Waals surface area contributed by atoms with E-state index < -0.39 is 39.3 Å². The number of rotatable bonds is 9. The minimum atomic E-state index is -2.88. The van der Waals surface area contributed by atoms with Gasteiger partial charge < -0.3 is 39.1 Å². The highest BCUT2D eigenvalue weighted by atomic mass is 28.4. The van der Waals surface area contributed by atoms with Gasteiger partial charge in [0.1, 0.15) is 24.4 Å². The Kier molecular flexibility index (Phi) is 8.56. The lowest BCUT2D eigenvalue weighted by Gasteiger charge is -2.43. The number of ether oxygens (including phenoxy) is 1. The minimum absolute atomic E-state index is 0.00659. The molecule has 0 aromatic carbocycles. The van der Waals surface area contributed by atoms with Crippen molar-refractivity contribution >= 4 is 8.80 Å². The molecule has 1 saturated heterocycles. The molecule has 138 valence electrons. The molecule has 0 radical (unpaired) electrons. The monoisotopic (exact) mass is 353 g/mol. The molecule has 1 fully saturated rings. The predicted octanol–water partition coefficient (Wildman–Crippen LogP) is -0.910. The third-order valence-corrected chi connectivity index (χ3v) is 7.00. The second-order valence-corrected chi connectivity index (χ2v) is 9.12. The van der Waals surface area contributed by atoms with Gasteiger partial charge in [0, 0.05) is 20.3 Å². The molecule has 1 heterocycles. The van der Waals surface area contributed by atoms with Crippen LogP contribution in [-0.4, -0.2) is 82.0 Å². The molecule has 0 bridgehead atoms. The van der Waals surface area contributed by atoms with Crippen LogP contribution in [0.2, 0.25) is 6.04 Å². The molecule has 5 atom stereocenters. The van der Waals surface area contributed by atoms with Gasteiger partial charge in [-0.3, -0.25) is 0 Å². The van der Waals surface area contributed by atoms with Gasteiger partial charge in [-0.25, -0.2) is 0 Å². The van der Waals surface area contributed by atoms with Gasteiger partial charge in [0.05, 0.1) is 12.7 Å². The van der Waals surface area contributed by atoms with Gasteiger partial charge in [0.2, 0.25) is 0 Å². The Hall–Kier alpha value is -0.103. The normalized spacial score (nSPS) is 32.5. The van der Waals surface area contributed by atoms with Gasteiger partial charge in [0.25, 0.3) is 0 Å². The van der Waals surface area contributed by atoms with E-state index in [1.165, 1.54) is 14.2 Å². The van der Waals surface area contributed by atoms with Crippen LogP contribution in [0.15, 0.2) is 0 Å². The van der Waals surface area contributed by atoms with Crippen molar-refractivity contribution in [1.29, 1.82) is 0 Å². The summed E-state index contributed by atoms with van der Waals surface area (Å²) in [6.45, 7) is 4.25. The fourth-order valence-corrected chi connectivity index (χ4v) is 4.68. The first-order chi connectivity index (χ1) is 10.8. The summed E-state index contributed by atoms with van der Waals surface area (Å²) in [7, 11) is 0.146. The number of hydrogen-bond acceptors (Lipinski definition) is 8. The molecule has 0 saturated carbocycles. The van der Waals surface area contributed by atoms with Crippen molar-refractivity contribution in [2.45, 2.75) is 56.8 Å². The van der Waals surface area contributed by atoms with Crippen molar-refractivity contribution in [2.24, 2.45) is 11.7 Å². The van der Waals surface area contributed by atoms with Crippen LogP contribution < -0.4 is 5.73 Å². The topological polar surface area (TPSA) is 124 Å². The highest BCUT2D eigenvalue weighted by Crippen LogP contribution is 2.27. The summed E-state index contributed by atoms with van der Waals surface area (Å²) in [6.07, 6.45) is -4.31. The van der Waals surface area contributed by atoms with Crippen molar-refractivity contribution in [2.75, 3.05) is 27.4 Å². The first-order valence-corrected chi connectivity index (χ1v) is 9.89. The number of aliphatic hydroxyl groups excluding tert-OH is 3. The van der Waals surface area contributed by atoms with E-state index in [-0.39, 0.29) is 12.5 Å². The van der Waals surface area contributed by atoms with Crippen molar-refractivity contribution < 1.29 is 33.3 Å². The Bertz CT molecular complexity index is 343. The van der Waals surface area contributed by atoms with E-state index in [1.807, 2.05) is 13.8 Å².